The Morgan fingerprint density at radius 3 is 2.52 bits per heavy atom. The van der Waals surface area contributed by atoms with Gasteiger partial charge in [0.05, 0.1) is 24.7 Å². The van der Waals surface area contributed by atoms with Crippen molar-refractivity contribution in [1.29, 1.82) is 0 Å². The average Bonchev–Trinajstić information content (AvgIpc) is 2.36. The van der Waals surface area contributed by atoms with Crippen molar-refractivity contribution >= 4 is 50.0 Å². The van der Waals surface area contributed by atoms with Gasteiger partial charge in [-0.05, 0) is 28.1 Å². The number of sulfonamides is 1. The van der Waals surface area contributed by atoms with Crippen molar-refractivity contribution in [1.82, 2.24) is 4.72 Å². The van der Waals surface area contributed by atoms with Crippen LogP contribution in [0.25, 0.3) is 0 Å². The maximum Gasteiger partial charge on any atom is 0.273 e. The number of rotatable bonds is 6. The highest BCUT2D eigenvalue weighted by Gasteiger charge is 2.31. The molecular formula is C10H13BrCl2F2N2O3S. The third kappa shape index (κ3) is 5.50. The second-order valence-electron chi connectivity index (χ2n) is 3.80. The number of hydrogen-bond donors (Lipinski definition) is 2. The van der Waals surface area contributed by atoms with E-state index in [1.165, 1.54) is 13.2 Å². The third-order valence-electron chi connectivity index (χ3n) is 2.29. The Kier molecular flexibility index (Phi) is 7.82. The summed E-state index contributed by atoms with van der Waals surface area (Å²) in [5.74, 6) is -3.37. The third-order valence-corrected chi connectivity index (χ3v) is 4.50. The summed E-state index contributed by atoms with van der Waals surface area (Å²) in [6.07, 6.45) is 0. The van der Waals surface area contributed by atoms with Gasteiger partial charge in [-0.15, -0.1) is 12.4 Å². The molecule has 0 aliphatic rings. The van der Waals surface area contributed by atoms with Crippen molar-refractivity contribution in [2.75, 3.05) is 20.2 Å². The number of ether oxygens (including phenoxy) is 1. The Hall–Kier alpha value is -0.190. The van der Waals surface area contributed by atoms with Gasteiger partial charge in [0.2, 0.25) is 10.0 Å². The Bertz CT molecular complexity index is 602. The fraction of sp³-hybridized carbons (Fsp3) is 0.400. The molecule has 1 aromatic carbocycles. The molecule has 0 spiro atoms. The minimum absolute atomic E-state index is 0. The Balaban J connectivity index is 0.00000400. The molecule has 1 rings (SSSR count). The lowest BCUT2D eigenvalue weighted by Crippen LogP contribution is -2.41. The van der Waals surface area contributed by atoms with Crippen molar-refractivity contribution < 1.29 is 21.9 Å². The van der Waals surface area contributed by atoms with E-state index in [9.17, 15) is 17.2 Å². The first-order valence-corrected chi connectivity index (χ1v) is 7.89. The van der Waals surface area contributed by atoms with Crippen molar-refractivity contribution in [2.24, 2.45) is 5.73 Å². The molecule has 0 aliphatic heterocycles. The fourth-order valence-corrected chi connectivity index (χ4v) is 3.73. The molecule has 0 fully saturated rings. The molecule has 0 saturated carbocycles. The van der Waals surface area contributed by atoms with E-state index in [0.717, 1.165) is 6.07 Å². The minimum Gasteiger partial charge on any atom is -0.494 e. The number of methoxy groups -OCH3 is 1. The van der Waals surface area contributed by atoms with Gasteiger partial charge in [0.15, 0.2) is 5.75 Å². The minimum atomic E-state index is -4.22. The second-order valence-corrected chi connectivity index (χ2v) is 6.83. The molecule has 0 atom stereocenters. The quantitative estimate of drug-likeness (QED) is 0.727. The number of benzene rings is 1. The van der Waals surface area contributed by atoms with Gasteiger partial charge in [0, 0.05) is 5.02 Å². The largest absolute Gasteiger partial charge is 0.494 e. The maximum atomic E-state index is 13.0. The highest BCUT2D eigenvalue weighted by atomic mass is 79.9. The average molecular weight is 430 g/mol. The summed E-state index contributed by atoms with van der Waals surface area (Å²) in [5, 5.41) is 0.114. The Labute approximate surface area is 140 Å². The van der Waals surface area contributed by atoms with Crippen molar-refractivity contribution in [3.8, 4) is 5.75 Å². The lowest BCUT2D eigenvalue weighted by molar-refractivity contribution is 0.0170. The van der Waals surface area contributed by atoms with Crippen LogP contribution < -0.4 is 15.2 Å². The molecule has 0 heterocycles. The van der Waals surface area contributed by atoms with Gasteiger partial charge in [-0.3, -0.25) is 0 Å². The summed E-state index contributed by atoms with van der Waals surface area (Å²) in [6, 6.07) is 2.53. The summed E-state index contributed by atoms with van der Waals surface area (Å²) in [5.41, 5.74) is 4.84. The molecule has 21 heavy (non-hydrogen) atoms. The molecule has 0 aliphatic carbocycles. The van der Waals surface area contributed by atoms with E-state index in [2.05, 4.69) is 15.9 Å². The van der Waals surface area contributed by atoms with Crippen LogP contribution in [0.2, 0.25) is 5.02 Å². The molecular weight excluding hydrogens is 417 g/mol. The smallest absolute Gasteiger partial charge is 0.273 e. The standard InChI is InChI=1S/C10H12BrClF2N2O3S.ClH/c1-19-9-7(11)2-6(12)3-8(9)20(17,18)16-5-10(13,14)4-15;/h2-3,16H,4-5,15H2,1H3;1H. The van der Waals surface area contributed by atoms with Gasteiger partial charge in [-0.1, -0.05) is 11.6 Å². The van der Waals surface area contributed by atoms with E-state index in [-0.39, 0.29) is 28.1 Å². The fourth-order valence-electron chi connectivity index (χ4n) is 1.28. The van der Waals surface area contributed by atoms with E-state index in [1.54, 1.807) is 4.72 Å². The number of hydrogen-bond acceptors (Lipinski definition) is 4. The summed E-state index contributed by atoms with van der Waals surface area (Å²) >= 11 is 8.84. The zero-order chi connectivity index (χ0) is 15.6. The van der Waals surface area contributed by atoms with Gasteiger partial charge in [-0.25, -0.2) is 21.9 Å². The summed E-state index contributed by atoms with van der Waals surface area (Å²) in [6.45, 7) is -2.08. The normalized spacial score (nSPS) is 11.9. The molecule has 3 N–H and O–H groups in total. The predicted octanol–water partition coefficient (Wildman–Crippen LogP) is 2.41. The van der Waals surface area contributed by atoms with Crippen LogP contribution in [0.5, 0.6) is 5.75 Å². The molecule has 5 nitrogen and oxygen atoms in total. The first-order chi connectivity index (χ1) is 9.13. The summed E-state index contributed by atoms with van der Waals surface area (Å²) < 4.78 is 57.1. The molecule has 122 valence electrons. The van der Waals surface area contributed by atoms with Gasteiger partial charge in [0.1, 0.15) is 4.90 Å². The zero-order valence-corrected chi connectivity index (χ0v) is 14.7. The molecule has 0 radical (unpaired) electrons. The number of alkyl halides is 2. The number of halogens is 5. The van der Waals surface area contributed by atoms with Crippen LogP contribution in [0.15, 0.2) is 21.5 Å². The molecule has 0 unspecified atom stereocenters. The lowest BCUT2D eigenvalue weighted by atomic mass is 10.3. The summed E-state index contributed by atoms with van der Waals surface area (Å²) in [7, 11) is -2.96. The van der Waals surface area contributed by atoms with Gasteiger partial charge >= 0.3 is 0 Å². The van der Waals surface area contributed by atoms with Crippen LogP contribution in [0.3, 0.4) is 0 Å². The molecule has 11 heteroatoms. The van der Waals surface area contributed by atoms with E-state index in [1.807, 2.05) is 0 Å². The van der Waals surface area contributed by atoms with E-state index >= 15 is 0 Å². The van der Waals surface area contributed by atoms with Crippen LogP contribution >= 0.6 is 39.9 Å². The summed E-state index contributed by atoms with van der Waals surface area (Å²) in [4.78, 5) is -0.341. The second kappa shape index (κ2) is 7.89. The molecule has 0 aromatic heterocycles. The van der Waals surface area contributed by atoms with Crippen molar-refractivity contribution in [2.45, 2.75) is 10.8 Å². The SMILES string of the molecule is COc1c(Br)cc(Cl)cc1S(=O)(=O)NCC(F)(F)CN.Cl. The molecule has 0 bridgehead atoms. The highest BCUT2D eigenvalue weighted by Crippen LogP contribution is 2.35. The molecule has 0 saturated heterocycles. The first-order valence-electron chi connectivity index (χ1n) is 5.23. The van der Waals surface area contributed by atoms with Crippen LogP contribution in [0.4, 0.5) is 8.78 Å². The molecule has 0 amide bonds. The Morgan fingerprint density at radius 1 is 1.48 bits per heavy atom. The Morgan fingerprint density at radius 2 is 2.05 bits per heavy atom. The lowest BCUT2D eigenvalue weighted by Gasteiger charge is -2.16. The van der Waals surface area contributed by atoms with E-state index < -0.39 is 29.0 Å². The highest BCUT2D eigenvalue weighted by molar-refractivity contribution is 9.10. The monoisotopic (exact) mass is 428 g/mol. The topological polar surface area (TPSA) is 81.4 Å². The van der Waals surface area contributed by atoms with Crippen LogP contribution in [0.1, 0.15) is 0 Å². The van der Waals surface area contributed by atoms with Gasteiger partial charge in [-0.2, -0.15) is 0 Å². The van der Waals surface area contributed by atoms with Crippen LogP contribution in [-0.2, 0) is 10.0 Å². The van der Waals surface area contributed by atoms with Crippen molar-refractivity contribution in [3.05, 3.63) is 21.6 Å². The van der Waals surface area contributed by atoms with Crippen LogP contribution in [0, 0.1) is 0 Å². The van der Waals surface area contributed by atoms with E-state index in [0.29, 0.717) is 4.47 Å². The van der Waals surface area contributed by atoms with Crippen molar-refractivity contribution in [3.63, 3.8) is 0 Å². The zero-order valence-electron chi connectivity index (χ0n) is 10.7. The number of nitrogens with one attached hydrogen (secondary N) is 1. The van der Waals surface area contributed by atoms with Gasteiger partial charge in [0.25, 0.3) is 5.92 Å². The molecule has 1 aromatic rings. The predicted molar refractivity (Wildman–Crippen MR) is 82.1 cm³/mol. The van der Waals surface area contributed by atoms with Gasteiger partial charge < -0.3 is 10.5 Å². The first kappa shape index (κ1) is 20.8. The number of nitrogens with two attached hydrogens (primary N) is 1. The maximum absolute atomic E-state index is 13.0. The van der Waals surface area contributed by atoms with Crippen LogP contribution in [-0.4, -0.2) is 34.5 Å². The van der Waals surface area contributed by atoms with E-state index in [4.69, 9.17) is 22.1 Å².